The first-order valence-corrected chi connectivity index (χ1v) is 12.9. The number of carboxylic acids is 1. The summed E-state index contributed by atoms with van der Waals surface area (Å²) >= 11 is 0. The number of carboxylic acid groups (broad SMARTS) is 1. The Kier molecular flexibility index (Phi) is 4.97. The minimum absolute atomic E-state index is 0.0833. The van der Waals surface area contributed by atoms with Crippen LogP contribution in [0.3, 0.4) is 0 Å². The Balaban J connectivity index is 1.75. The third-order valence-electron chi connectivity index (χ3n) is 9.28. The van der Waals surface area contributed by atoms with Crippen LogP contribution in [-0.2, 0) is 4.79 Å². The number of hydrogen-bond donors (Lipinski definition) is 6. The molecule has 0 amide bonds. The molecule has 7 nitrogen and oxygen atoms in total. The minimum Gasteiger partial charge on any atom is -0.510 e. The summed E-state index contributed by atoms with van der Waals surface area (Å²) in [5, 5.41) is 28.5. The lowest BCUT2D eigenvalue weighted by atomic mass is 9.84. The number of nitrogens with one attached hydrogen (secondary N) is 4. The molecule has 7 heteroatoms. The molecule has 5 heterocycles. The van der Waals surface area contributed by atoms with Crippen LogP contribution in [0.15, 0.2) is 5.70 Å². The van der Waals surface area contributed by atoms with Gasteiger partial charge in [0.1, 0.15) is 11.7 Å². The molecule has 1 fully saturated rings. The fourth-order valence-electron chi connectivity index (χ4n) is 6.36. The summed E-state index contributed by atoms with van der Waals surface area (Å²) in [7, 11) is 0. The first-order chi connectivity index (χ1) is 17.5. The summed E-state index contributed by atoms with van der Waals surface area (Å²) in [5.74, 6) is -1.88. The number of H-pyrrole nitrogens is 3. The number of hydrogen-bond acceptors (Lipinski definition) is 3. The maximum atomic E-state index is 12.5. The molecule has 6 rings (SSSR count). The average molecular weight is 499 g/mol. The molecule has 0 spiro atoms. The number of carbonyl (C=O) groups is 1. The Bertz CT molecular complexity index is 1790. The van der Waals surface area contributed by atoms with Gasteiger partial charge in [-0.2, -0.15) is 0 Å². The van der Waals surface area contributed by atoms with Crippen LogP contribution in [0.5, 0.6) is 0 Å². The van der Waals surface area contributed by atoms with Crippen LogP contribution in [0, 0.1) is 52.4 Å². The van der Waals surface area contributed by atoms with Gasteiger partial charge in [-0.05, 0) is 92.2 Å². The van der Waals surface area contributed by atoms with E-state index in [1.54, 1.807) is 0 Å². The quantitative estimate of drug-likeness (QED) is 0.308. The number of aromatic amines is 3. The van der Waals surface area contributed by atoms with Crippen molar-refractivity contribution in [3.63, 3.8) is 0 Å². The summed E-state index contributed by atoms with van der Waals surface area (Å²) in [5.41, 5.74) is 10.3. The SMILES string of the molecule is Cc1c2[nH]c(c1C)/C=c1\[nH]/c(c(C)c1C)=C\c1[nH]c3c(c1C)=C(O)[C@H](C(=O)O)C=3C1N/C(=C\2)[C@@H](C)[C@@H]1C. The van der Waals surface area contributed by atoms with Crippen LogP contribution in [0.2, 0.25) is 0 Å². The zero-order valence-corrected chi connectivity index (χ0v) is 22.3. The first kappa shape index (κ1) is 23.5. The molecule has 8 bridgehead atoms. The lowest BCUT2D eigenvalue weighted by Gasteiger charge is -2.23. The van der Waals surface area contributed by atoms with E-state index in [4.69, 9.17) is 0 Å². The van der Waals surface area contributed by atoms with Crippen molar-refractivity contribution in [3.8, 4) is 0 Å². The van der Waals surface area contributed by atoms with Crippen molar-refractivity contribution in [1.82, 2.24) is 20.3 Å². The molecule has 37 heavy (non-hydrogen) atoms. The molecule has 3 aromatic rings. The van der Waals surface area contributed by atoms with Gasteiger partial charge in [-0.3, -0.25) is 4.79 Å². The Hall–Kier alpha value is -3.87. The third-order valence-corrected chi connectivity index (χ3v) is 9.28. The largest absolute Gasteiger partial charge is 0.510 e. The lowest BCUT2D eigenvalue weighted by molar-refractivity contribution is -0.138. The van der Waals surface area contributed by atoms with E-state index >= 15 is 0 Å². The van der Waals surface area contributed by atoms with Gasteiger partial charge in [-0.1, -0.05) is 13.8 Å². The van der Waals surface area contributed by atoms with Crippen LogP contribution in [0.4, 0.5) is 0 Å². The van der Waals surface area contributed by atoms with Gasteiger partial charge in [0.15, 0.2) is 0 Å². The first-order valence-electron chi connectivity index (χ1n) is 12.9. The standard InChI is InChI=1S/C30H34N4O3/c1-11-13(3)20-9-22-15(5)16(6)27(33-22)25-26(30(36)37)29(35)24-17(7)23(34-28(24)25)10-21-14(4)12(2)19(32-21)8-18(11)31-20/h8-10,15-16,26-27,31-35H,1-7H3,(H,36,37)/b19-8-,21-10-,22-9-/t15-,16-,26+,27?/m0/s1. The molecule has 1 unspecified atom stereocenters. The molecule has 6 N–H and O–H groups in total. The molecule has 4 atom stereocenters. The molecule has 192 valence electrons. The summed E-state index contributed by atoms with van der Waals surface area (Å²) in [6, 6.07) is -0.229. The second-order valence-corrected chi connectivity index (χ2v) is 11.1. The van der Waals surface area contributed by atoms with Crippen LogP contribution in [-0.4, -0.2) is 37.2 Å². The van der Waals surface area contributed by atoms with E-state index in [2.05, 4.69) is 80.0 Å². The minimum atomic E-state index is -1.07. The Morgan fingerprint density at radius 1 is 0.784 bits per heavy atom. The van der Waals surface area contributed by atoms with Crippen LogP contribution in [0.1, 0.15) is 58.7 Å². The second kappa shape index (κ2) is 7.81. The third kappa shape index (κ3) is 3.16. The number of aliphatic carboxylic acids is 1. The highest BCUT2D eigenvalue weighted by Crippen LogP contribution is 2.39. The highest BCUT2D eigenvalue weighted by molar-refractivity contribution is 5.94. The van der Waals surface area contributed by atoms with E-state index in [1.807, 2.05) is 6.92 Å². The normalized spacial score (nSPS) is 27.3. The zero-order chi connectivity index (χ0) is 26.5. The monoisotopic (exact) mass is 498 g/mol. The number of aliphatic hydroxyl groups is 1. The molecule has 0 aromatic carbocycles. The maximum absolute atomic E-state index is 12.5. The summed E-state index contributed by atoms with van der Waals surface area (Å²) in [6.07, 6.45) is 6.41. The van der Waals surface area contributed by atoms with E-state index < -0.39 is 11.9 Å². The predicted octanol–water partition coefficient (Wildman–Crippen LogP) is 2.00. The van der Waals surface area contributed by atoms with Crippen molar-refractivity contribution < 1.29 is 15.0 Å². The molecule has 3 aromatic heterocycles. The Morgan fingerprint density at radius 2 is 1.35 bits per heavy atom. The Labute approximate surface area is 215 Å². The molecule has 0 saturated carbocycles. The van der Waals surface area contributed by atoms with Gasteiger partial charge in [-0.25, -0.2) is 0 Å². The number of aliphatic hydroxyl groups excluding tert-OH is 1. The fraction of sp³-hybridized carbons (Fsp3) is 0.367. The smallest absolute Gasteiger partial charge is 0.318 e. The highest BCUT2D eigenvalue weighted by Gasteiger charge is 2.44. The van der Waals surface area contributed by atoms with Gasteiger partial charge in [0.2, 0.25) is 0 Å². The van der Waals surface area contributed by atoms with Gasteiger partial charge >= 0.3 is 5.97 Å². The fourth-order valence-corrected chi connectivity index (χ4v) is 6.36. The molecular formula is C30H34N4O3. The summed E-state index contributed by atoms with van der Waals surface area (Å²) in [4.78, 5) is 23.2. The van der Waals surface area contributed by atoms with Gasteiger partial charge in [0.05, 0.1) is 11.4 Å². The highest BCUT2D eigenvalue weighted by atomic mass is 16.4. The summed E-state index contributed by atoms with van der Waals surface area (Å²) in [6.45, 7) is 14.8. The molecule has 3 aliphatic rings. The lowest BCUT2D eigenvalue weighted by Crippen LogP contribution is -2.36. The van der Waals surface area contributed by atoms with Gasteiger partial charge in [-0.15, -0.1) is 0 Å². The van der Waals surface area contributed by atoms with Crippen molar-refractivity contribution in [2.75, 3.05) is 0 Å². The van der Waals surface area contributed by atoms with E-state index in [1.165, 1.54) is 16.7 Å². The predicted molar refractivity (Wildman–Crippen MR) is 145 cm³/mol. The van der Waals surface area contributed by atoms with Gasteiger partial charge < -0.3 is 30.5 Å². The van der Waals surface area contributed by atoms with Crippen molar-refractivity contribution in [3.05, 3.63) is 71.9 Å². The molecule has 1 saturated heterocycles. The van der Waals surface area contributed by atoms with E-state index in [0.29, 0.717) is 10.8 Å². The van der Waals surface area contributed by atoms with E-state index in [0.717, 1.165) is 50.0 Å². The van der Waals surface area contributed by atoms with Gasteiger partial charge in [0.25, 0.3) is 0 Å². The van der Waals surface area contributed by atoms with Gasteiger partial charge in [0, 0.05) is 44.6 Å². The topological polar surface area (TPSA) is 117 Å². The zero-order valence-electron chi connectivity index (χ0n) is 22.3. The van der Waals surface area contributed by atoms with Crippen LogP contribution >= 0.6 is 0 Å². The van der Waals surface area contributed by atoms with Crippen LogP contribution < -0.4 is 26.6 Å². The van der Waals surface area contributed by atoms with Crippen LogP contribution in [0.25, 0.3) is 29.6 Å². The number of aromatic nitrogens is 3. The number of rotatable bonds is 1. The van der Waals surface area contributed by atoms with Crippen molar-refractivity contribution in [2.45, 2.75) is 54.5 Å². The van der Waals surface area contributed by atoms with Crippen molar-refractivity contribution >= 4 is 35.5 Å². The molecule has 1 aliphatic carbocycles. The molecular weight excluding hydrogens is 464 g/mol. The van der Waals surface area contributed by atoms with Crippen molar-refractivity contribution in [2.24, 2.45) is 17.8 Å². The average Bonchev–Trinajstić information content (AvgIpc) is 3.56. The van der Waals surface area contributed by atoms with Crippen molar-refractivity contribution in [1.29, 1.82) is 0 Å². The van der Waals surface area contributed by atoms with E-state index in [9.17, 15) is 15.0 Å². The molecule has 0 radical (unpaired) electrons. The number of fused-ring (bicyclic) bond motifs is 8. The number of allylic oxidation sites excluding steroid dienone is 1. The Morgan fingerprint density at radius 3 is 1.95 bits per heavy atom. The molecule has 2 aliphatic heterocycles. The maximum Gasteiger partial charge on any atom is 0.318 e. The van der Waals surface area contributed by atoms with E-state index in [-0.39, 0.29) is 23.6 Å². The second-order valence-electron chi connectivity index (χ2n) is 11.1. The summed E-state index contributed by atoms with van der Waals surface area (Å²) < 4.78 is 0.